The number of carbonyl (C=O) groups excluding carboxylic acids is 1. The van der Waals surface area contributed by atoms with E-state index in [-0.39, 0.29) is 19.1 Å². The summed E-state index contributed by atoms with van der Waals surface area (Å²) in [6, 6.07) is 7.17. The van der Waals surface area contributed by atoms with Crippen LogP contribution in [0.25, 0.3) is 0 Å². The number of amides is 1. The summed E-state index contributed by atoms with van der Waals surface area (Å²) in [5, 5.41) is 9.06. The first-order valence-electron chi connectivity index (χ1n) is 7.47. The molecular weight excluding hydrogens is 286 g/mol. The van der Waals surface area contributed by atoms with Crippen LogP contribution >= 0.6 is 0 Å². The number of likely N-dealkylation sites (tertiary alicyclic amines) is 1. The molecular formula is C16H21NO5. The third-order valence-corrected chi connectivity index (χ3v) is 3.62. The summed E-state index contributed by atoms with van der Waals surface area (Å²) in [4.78, 5) is 24.8. The minimum Gasteiger partial charge on any atom is -0.490 e. The maximum absolute atomic E-state index is 12.2. The van der Waals surface area contributed by atoms with Crippen molar-refractivity contribution in [3.63, 3.8) is 0 Å². The molecule has 6 nitrogen and oxygen atoms in total. The lowest BCUT2D eigenvalue weighted by Crippen LogP contribution is -2.44. The molecule has 6 heteroatoms. The van der Waals surface area contributed by atoms with Crippen LogP contribution in [-0.4, -0.2) is 48.2 Å². The van der Waals surface area contributed by atoms with Crippen molar-refractivity contribution in [2.24, 2.45) is 5.92 Å². The molecule has 1 aliphatic heterocycles. The lowest BCUT2D eigenvalue weighted by Gasteiger charge is -2.30. The van der Waals surface area contributed by atoms with Crippen LogP contribution in [0.1, 0.15) is 19.8 Å². The van der Waals surface area contributed by atoms with Gasteiger partial charge in [0, 0.05) is 13.1 Å². The zero-order valence-electron chi connectivity index (χ0n) is 12.7. The first-order chi connectivity index (χ1) is 10.6. The van der Waals surface area contributed by atoms with Gasteiger partial charge >= 0.3 is 5.97 Å². The molecule has 120 valence electrons. The fourth-order valence-corrected chi connectivity index (χ4v) is 2.48. The van der Waals surface area contributed by atoms with Gasteiger partial charge in [-0.3, -0.25) is 9.59 Å². The van der Waals surface area contributed by atoms with E-state index in [0.29, 0.717) is 37.5 Å². The fourth-order valence-electron chi connectivity index (χ4n) is 2.48. The molecule has 22 heavy (non-hydrogen) atoms. The van der Waals surface area contributed by atoms with Gasteiger partial charge in [0.05, 0.1) is 12.5 Å². The number of para-hydroxylation sites is 2. The van der Waals surface area contributed by atoms with Crippen molar-refractivity contribution < 1.29 is 24.2 Å². The zero-order valence-corrected chi connectivity index (χ0v) is 12.7. The molecule has 1 atom stereocenters. The molecule has 1 aromatic rings. The molecule has 1 unspecified atom stereocenters. The molecule has 1 aliphatic rings. The Morgan fingerprint density at radius 1 is 1.27 bits per heavy atom. The van der Waals surface area contributed by atoms with E-state index in [1.54, 1.807) is 17.0 Å². The molecule has 1 saturated heterocycles. The minimum absolute atomic E-state index is 0.115. The van der Waals surface area contributed by atoms with E-state index in [1.165, 1.54) is 0 Å². The summed E-state index contributed by atoms with van der Waals surface area (Å²) in [5.41, 5.74) is 0. The normalized spacial score (nSPS) is 17.9. The van der Waals surface area contributed by atoms with Crippen LogP contribution in [0.2, 0.25) is 0 Å². The number of carbonyl (C=O) groups is 2. The van der Waals surface area contributed by atoms with E-state index in [0.717, 1.165) is 0 Å². The number of aliphatic carboxylic acids is 1. The van der Waals surface area contributed by atoms with Crippen LogP contribution in [0, 0.1) is 5.92 Å². The largest absolute Gasteiger partial charge is 0.490 e. The van der Waals surface area contributed by atoms with Crippen LogP contribution in [-0.2, 0) is 9.59 Å². The highest BCUT2D eigenvalue weighted by Crippen LogP contribution is 2.26. The lowest BCUT2D eigenvalue weighted by molar-refractivity contribution is -0.146. The van der Waals surface area contributed by atoms with Gasteiger partial charge in [0.1, 0.15) is 0 Å². The van der Waals surface area contributed by atoms with Gasteiger partial charge in [-0.25, -0.2) is 0 Å². The van der Waals surface area contributed by atoms with Crippen LogP contribution in [0.4, 0.5) is 0 Å². The van der Waals surface area contributed by atoms with Crippen molar-refractivity contribution in [2.75, 3.05) is 26.3 Å². The second-order valence-electron chi connectivity index (χ2n) is 5.19. The van der Waals surface area contributed by atoms with Gasteiger partial charge in [-0.1, -0.05) is 12.1 Å². The average Bonchev–Trinajstić information content (AvgIpc) is 2.54. The van der Waals surface area contributed by atoms with Gasteiger partial charge < -0.3 is 19.5 Å². The summed E-state index contributed by atoms with van der Waals surface area (Å²) in [7, 11) is 0. The Morgan fingerprint density at radius 3 is 2.59 bits per heavy atom. The van der Waals surface area contributed by atoms with E-state index in [1.807, 2.05) is 19.1 Å². The number of hydrogen-bond acceptors (Lipinski definition) is 4. The quantitative estimate of drug-likeness (QED) is 0.867. The molecule has 1 N–H and O–H groups in total. The van der Waals surface area contributed by atoms with Gasteiger partial charge in [0.25, 0.3) is 5.91 Å². The van der Waals surface area contributed by atoms with Crippen molar-refractivity contribution in [1.29, 1.82) is 0 Å². The topological polar surface area (TPSA) is 76.1 Å². The zero-order chi connectivity index (χ0) is 15.9. The van der Waals surface area contributed by atoms with Crippen LogP contribution in [0.15, 0.2) is 24.3 Å². The van der Waals surface area contributed by atoms with Gasteiger partial charge in [-0.15, -0.1) is 0 Å². The Balaban J connectivity index is 1.91. The second-order valence-corrected chi connectivity index (χ2v) is 5.19. The van der Waals surface area contributed by atoms with E-state index in [4.69, 9.17) is 14.6 Å². The number of nitrogens with zero attached hydrogens (tertiary/aromatic N) is 1. The van der Waals surface area contributed by atoms with Gasteiger partial charge in [0.15, 0.2) is 18.1 Å². The third kappa shape index (κ3) is 4.13. The van der Waals surface area contributed by atoms with E-state index >= 15 is 0 Å². The minimum atomic E-state index is -0.847. The summed E-state index contributed by atoms with van der Waals surface area (Å²) >= 11 is 0. The maximum atomic E-state index is 12.2. The Kier molecular flexibility index (Phi) is 5.63. The molecule has 0 bridgehead atoms. The monoisotopic (exact) mass is 307 g/mol. The summed E-state index contributed by atoms with van der Waals surface area (Å²) < 4.78 is 11.0. The summed E-state index contributed by atoms with van der Waals surface area (Å²) in [6.07, 6.45) is 1.32. The SMILES string of the molecule is CCOc1ccccc1OCC(=O)N1CCCC(C(=O)O)C1. The maximum Gasteiger partial charge on any atom is 0.308 e. The molecule has 0 saturated carbocycles. The first kappa shape index (κ1) is 16.1. The molecule has 2 rings (SSSR count). The van der Waals surface area contributed by atoms with E-state index in [9.17, 15) is 9.59 Å². The smallest absolute Gasteiger partial charge is 0.308 e. The standard InChI is InChI=1S/C16H21NO5/c1-2-21-13-7-3-4-8-14(13)22-11-15(18)17-9-5-6-12(10-17)16(19)20/h3-4,7-8,12H,2,5-6,9-11H2,1H3,(H,19,20). The Bertz CT molecular complexity index is 531. The van der Waals surface area contributed by atoms with Crippen molar-refractivity contribution in [2.45, 2.75) is 19.8 Å². The van der Waals surface area contributed by atoms with Crippen LogP contribution < -0.4 is 9.47 Å². The van der Waals surface area contributed by atoms with Crippen molar-refractivity contribution in [3.05, 3.63) is 24.3 Å². The predicted molar refractivity (Wildman–Crippen MR) is 80.0 cm³/mol. The van der Waals surface area contributed by atoms with Crippen molar-refractivity contribution in [3.8, 4) is 11.5 Å². The summed E-state index contributed by atoms with van der Waals surface area (Å²) in [6.45, 7) is 3.11. The van der Waals surface area contributed by atoms with Gasteiger partial charge in [-0.2, -0.15) is 0 Å². The number of hydrogen-bond donors (Lipinski definition) is 1. The predicted octanol–water partition coefficient (Wildman–Crippen LogP) is 1.79. The van der Waals surface area contributed by atoms with Crippen LogP contribution in [0.5, 0.6) is 11.5 Å². The number of piperidine rings is 1. The molecule has 0 spiro atoms. The molecule has 1 fully saturated rings. The number of carboxylic acid groups (broad SMARTS) is 1. The Morgan fingerprint density at radius 2 is 1.95 bits per heavy atom. The van der Waals surface area contributed by atoms with Crippen molar-refractivity contribution in [1.82, 2.24) is 4.90 Å². The van der Waals surface area contributed by atoms with E-state index in [2.05, 4.69) is 0 Å². The lowest BCUT2D eigenvalue weighted by atomic mass is 9.98. The molecule has 1 amide bonds. The van der Waals surface area contributed by atoms with Crippen LogP contribution in [0.3, 0.4) is 0 Å². The number of benzene rings is 1. The molecule has 0 radical (unpaired) electrons. The molecule has 1 aromatic carbocycles. The highest BCUT2D eigenvalue weighted by atomic mass is 16.5. The number of ether oxygens (including phenoxy) is 2. The Labute approximate surface area is 129 Å². The number of rotatable bonds is 6. The Hall–Kier alpha value is -2.24. The number of carboxylic acids is 1. The highest BCUT2D eigenvalue weighted by Gasteiger charge is 2.28. The average molecular weight is 307 g/mol. The van der Waals surface area contributed by atoms with Gasteiger partial charge in [-0.05, 0) is 31.9 Å². The molecule has 0 aliphatic carbocycles. The van der Waals surface area contributed by atoms with Gasteiger partial charge in [0.2, 0.25) is 0 Å². The first-order valence-corrected chi connectivity index (χ1v) is 7.47. The molecule has 1 heterocycles. The second kappa shape index (κ2) is 7.68. The summed E-state index contributed by atoms with van der Waals surface area (Å²) in [5.74, 6) is -0.407. The highest BCUT2D eigenvalue weighted by molar-refractivity contribution is 5.79. The van der Waals surface area contributed by atoms with Crippen molar-refractivity contribution >= 4 is 11.9 Å². The third-order valence-electron chi connectivity index (χ3n) is 3.62. The fraction of sp³-hybridized carbons (Fsp3) is 0.500. The van der Waals surface area contributed by atoms with E-state index < -0.39 is 11.9 Å². The molecule has 0 aromatic heterocycles.